The molecule has 1 heterocycles. The van der Waals surface area contributed by atoms with E-state index in [4.69, 9.17) is 0 Å². The van der Waals surface area contributed by atoms with Crippen LogP contribution in [0.15, 0.2) is 35.5 Å². The summed E-state index contributed by atoms with van der Waals surface area (Å²) in [7, 11) is -3.68. The van der Waals surface area contributed by atoms with Crippen molar-refractivity contribution in [3.8, 4) is 0 Å². The Morgan fingerprint density at radius 3 is 2.53 bits per heavy atom. The summed E-state index contributed by atoms with van der Waals surface area (Å²) in [4.78, 5) is 17.2. The molecule has 2 rings (SSSR count). The molecule has 1 aromatic carbocycles. The number of nitrogens with zero attached hydrogens (tertiary/aromatic N) is 1. The van der Waals surface area contributed by atoms with E-state index in [-0.39, 0.29) is 5.03 Å². The lowest BCUT2D eigenvalue weighted by atomic mass is 10.2. The quantitative estimate of drug-likeness (QED) is 0.813. The Bertz CT molecular complexity index is 675. The minimum Gasteiger partial charge on any atom is -0.332 e. The highest BCUT2D eigenvalue weighted by Crippen LogP contribution is 2.15. The molecule has 0 saturated heterocycles. The van der Waals surface area contributed by atoms with Gasteiger partial charge in [0, 0.05) is 17.7 Å². The molecule has 2 N–H and O–H groups in total. The first-order valence-corrected chi connectivity index (χ1v) is 7.15. The molecule has 0 amide bonds. The number of aldehydes is 1. The molecule has 0 bridgehead atoms. The maximum atomic E-state index is 12.0. The second-order valence-electron chi connectivity index (χ2n) is 3.89. The predicted molar refractivity (Wildman–Crippen MR) is 70.6 cm³/mol. The van der Waals surface area contributed by atoms with Gasteiger partial charge in [-0.1, -0.05) is 6.92 Å². The standard InChI is InChI=1S/C12H13N3O3S/c1-2-11-13-7-12(14-11)19(17,18)15-10-5-3-9(8-16)4-6-10/h3-8,15H,2H2,1H3,(H,13,14). The van der Waals surface area contributed by atoms with Gasteiger partial charge < -0.3 is 4.98 Å². The average molecular weight is 279 g/mol. The number of carbonyl (C=O) groups is 1. The van der Waals surface area contributed by atoms with Crippen LogP contribution in [0.5, 0.6) is 0 Å². The van der Waals surface area contributed by atoms with Crippen LogP contribution >= 0.6 is 0 Å². The third-order valence-electron chi connectivity index (χ3n) is 2.53. The molecule has 6 nitrogen and oxygen atoms in total. The van der Waals surface area contributed by atoms with Crippen molar-refractivity contribution in [3.05, 3.63) is 41.9 Å². The van der Waals surface area contributed by atoms with Crippen molar-refractivity contribution in [2.75, 3.05) is 4.72 Å². The van der Waals surface area contributed by atoms with E-state index in [1.165, 1.54) is 30.5 Å². The molecule has 0 aliphatic carbocycles. The Morgan fingerprint density at radius 1 is 1.32 bits per heavy atom. The maximum absolute atomic E-state index is 12.0. The number of benzene rings is 1. The van der Waals surface area contributed by atoms with E-state index in [0.717, 1.165) is 0 Å². The Labute approximate surface area is 110 Å². The van der Waals surface area contributed by atoms with Gasteiger partial charge in [0.15, 0.2) is 5.03 Å². The second-order valence-corrected chi connectivity index (χ2v) is 5.54. The number of rotatable bonds is 5. The van der Waals surface area contributed by atoms with Gasteiger partial charge in [-0.15, -0.1) is 0 Å². The molecule has 7 heteroatoms. The molecule has 0 saturated carbocycles. The van der Waals surface area contributed by atoms with Gasteiger partial charge in [0.05, 0.1) is 6.20 Å². The Morgan fingerprint density at radius 2 is 2.00 bits per heavy atom. The number of aryl methyl sites for hydroxylation is 1. The van der Waals surface area contributed by atoms with E-state index >= 15 is 0 Å². The fourth-order valence-corrected chi connectivity index (χ4v) is 2.50. The summed E-state index contributed by atoms with van der Waals surface area (Å²) in [6.45, 7) is 1.88. The van der Waals surface area contributed by atoms with Crippen LogP contribution in [0, 0.1) is 0 Å². The fourth-order valence-electron chi connectivity index (χ4n) is 1.50. The molecule has 100 valence electrons. The van der Waals surface area contributed by atoms with Gasteiger partial charge in [0.2, 0.25) is 0 Å². The average Bonchev–Trinajstić information content (AvgIpc) is 2.89. The van der Waals surface area contributed by atoms with E-state index in [2.05, 4.69) is 14.7 Å². The first-order valence-electron chi connectivity index (χ1n) is 5.67. The van der Waals surface area contributed by atoms with Gasteiger partial charge >= 0.3 is 0 Å². The molecule has 0 atom stereocenters. The van der Waals surface area contributed by atoms with Crippen molar-refractivity contribution in [3.63, 3.8) is 0 Å². The number of H-pyrrole nitrogens is 1. The van der Waals surface area contributed by atoms with E-state index in [0.29, 0.717) is 29.8 Å². The first kappa shape index (κ1) is 13.3. The van der Waals surface area contributed by atoms with Crippen LogP contribution in [-0.4, -0.2) is 24.7 Å². The molecule has 0 aliphatic rings. The van der Waals surface area contributed by atoms with Crippen molar-refractivity contribution in [2.45, 2.75) is 18.4 Å². The zero-order valence-electron chi connectivity index (χ0n) is 10.3. The van der Waals surface area contributed by atoms with Crippen molar-refractivity contribution >= 4 is 22.0 Å². The van der Waals surface area contributed by atoms with Crippen LogP contribution in [0.2, 0.25) is 0 Å². The SMILES string of the molecule is CCc1ncc(S(=O)(=O)Nc2ccc(C=O)cc2)[nH]1. The Hall–Kier alpha value is -2.15. The van der Waals surface area contributed by atoms with Crippen LogP contribution < -0.4 is 4.72 Å². The molecular weight excluding hydrogens is 266 g/mol. The topological polar surface area (TPSA) is 91.9 Å². The van der Waals surface area contributed by atoms with Gasteiger partial charge in [0.1, 0.15) is 12.1 Å². The number of aromatic nitrogens is 2. The molecule has 0 spiro atoms. The molecule has 0 fully saturated rings. The molecular formula is C12H13N3O3S. The highest BCUT2D eigenvalue weighted by atomic mass is 32.2. The molecule has 0 unspecified atom stereocenters. The van der Waals surface area contributed by atoms with Crippen molar-refractivity contribution in [1.29, 1.82) is 0 Å². The lowest BCUT2D eigenvalue weighted by Gasteiger charge is -2.05. The number of anilines is 1. The number of hydrogen-bond donors (Lipinski definition) is 2. The number of hydrogen-bond acceptors (Lipinski definition) is 4. The van der Waals surface area contributed by atoms with Gasteiger partial charge in [-0.3, -0.25) is 9.52 Å². The van der Waals surface area contributed by atoms with Gasteiger partial charge in [-0.05, 0) is 24.3 Å². The monoisotopic (exact) mass is 279 g/mol. The Kier molecular flexibility index (Phi) is 3.66. The van der Waals surface area contributed by atoms with Crippen LogP contribution in [0.1, 0.15) is 23.1 Å². The third kappa shape index (κ3) is 3.00. The number of nitrogens with one attached hydrogen (secondary N) is 2. The summed E-state index contributed by atoms with van der Waals surface area (Å²) in [5, 5.41) is 0.0174. The summed E-state index contributed by atoms with van der Waals surface area (Å²) < 4.78 is 26.5. The van der Waals surface area contributed by atoms with E-state index in [9.17, 15) is 13.2 Å². The highest BCUT2D eigenvalue weighted by Gasteiger charge is 2.16. The predicted octanol–water partition coefficient (Wildman–Crippen LogP) is 1.59. The van der Waals surface area contributed by atoms with Crippen molar-refractivity contribution in [2.24, 2.45) is 0 Å². The molecule has 1 aromatic heterocycles. The number of sulfonamides is 1. The van der Waals surface area contributed by atoms with E-state index in [1.54, 1.807) is 0 Å². The number of carbonyl (C=O) groups excluding carboxylic acids is 1. The van der Waals surface area contributed by atoms with Gasteiger partial charge in [-0.2, -0.15) is 8.42 Å². The van der Waals surface area contributed by atoms with Crippen molar-refractivity contribution < 1.29 is 13.2 Å². The summed E-state index contributed by atoms with van der Waals surface area (Å²) in [6.07, 6.45) is 2.60. The van der Waals surface area contributed by atoms with Gasteiger partial charge in [0.25, 0.3) is 10.0 Å². The zero-order chi connectivity index (χ0) is 13.9. The normalized spacial score (nSPS) is 11.2. The van der Waals surface area contributed by atoms with Crippen LogP contribution in [0.3, 0.4) is 0 Å². The van der Waals surface area contributed by atoms with Crippen LogP contribution in [-0.2, 0) is 16.4 Å². The minimum atomic E-state index is -3.68. The number of aromatic amines is 1. The lowest BCUT2D eigenvalue weighted by molar-refractivity contribution is 0.112. The minimum absolute atomic E-state index is 0.0174. The Balaban J connectivity index is 2.22. The summed E-state index contributed by atoms with van der Waals surface area (Å²) in [5.41, 5.74) is 0.871. The zero-order valence-corrected chi connectivity index (χ0v) is 11.1. The summed E-state index contributed by atoms with van der Waals surface area (Å²) in [5.74, 6) is 0.608. The molecule has 0 radical (unpaired) electrons. The lowest BCUT2D eigenvalue weighted by Crippen LogP contribution is -2.13. The molecule has 0 aliphatic heterocycles. The van der Waals surface area contributed by atoms with Crippen LogP contribution in [0.25, 0.3) is 0 Å². The largest absolute Gasteiger partial charge is 0.332 e. The first-order chi connectivity index (χ1) is 9.05. The van der Waals surface area contributed by atoms with E-state index < -0.39 is 10.0 Å². The fraction of sp³-hybridized carbons (Fsp3) is 0.167. The highest BCUT2D eigenvalue weighted by molar-refractivity contribution is 7.92. The summed E-state index contributed by atoms with van der Waals surface area (Å²) in [6, 6.07) is 6.13. The maximum Gasteiger partial charge on any atom is 0.278 e. The molecule has 2 aromatic rings. The smallest absolute Gasteiger partial charge is 0.278 e. The summed E-state index contributed by atoms with van der Waals surface area (Å²) >= 11 is 0. The van der Waals surface area contributed by atoms with Crippen LogP contribution in [0.4, 0.5) is 5.69 Å². The molecule has 19 heavy (non-hydrogen) atoms. The third-order valence-corrected chi connectivity index (χ3v) is 3.82. The van der Waals surface area contributed by atoms with Crippen molar-refractivity contribution in [1.82, 2.24) is 9.97 Å². The van der Waals surface area contributed by atoms with Gasteiger partial charge in [-0.25, -0.2) is 4.98 Å². The second kappa shape index (κ2) is 5.23. The van der Waals surface area contributed by atoms with E-state index in [1.807, 2.05) is 6.92 Å². The number of imidazole rings is 1.